The molecule has 2 aromatic carbocycles. The monoisotopic (exact) mass is 298 g/mol. The first kappa shape index (κ1) is 14.2. The highest BCUT2D eigenvalue weighted by Crippen LogP contribution is 2.36. The number of aryl methyl sites for hydroxylation is 1. The summed E-state index contributed by atoms with van der Waals surface area (Å²) in [5.41, 5.74) is 2.37. The Kier molecular flexibility index (Phi) is 4.33. The first-order valence-electron chi connectivity index (χ1n) is 5.76. The maximum atomic E-state index is 13.4. The number of methoxy groups -OCH3 is 1. The molecular formula is C15H13Cl2FO. The molecule has 2 rings (SSSR count). The van der Waals surface area contributed by atoms with Crippen molar-refractivity contribution in [2.24, 2.45) is 0 Å². The van der Waals surface area contributed by atoms with Crippen LogP contribution in [0.25, 0.3) is 0 Å². The Hall–Kier alpha value is -1.25. The van der Waals surface area contributed by atoms with E-state index in [4.69, 9.17) is 27.9 Å². The van der Waals surface area contributed by atoms with Crippen LogP contribution in [-0.2, 0) is 0 Å². The zero-order chi connectivity index (χ0) is 14.0. The average molecular weight is 299 g/mol. The zero-order valence-electron chi connectivity index (χ0n) is 10.6. The van der Waals surface area contributed by atoms with Gasteiger partial charge in [0, 0.05) is 10.6 Å². The van der Waals surface area contributed by atoms with Gasteiger partial charge in [-0.05, 0) is 42.3 Å². The lowest BCUT2D eigenvalue weighted by atomic mass is 10.0. The maximum absolute atomic E-state index is 13.4. The van der Waals surface area contributed by atoms with Crippen molar-refractivity contribution in [2.45, 2.75) is 12.3 Å². The molecule has 19 heavy (non-hydrogen) atoms. The summed E-state index contributed by atoms with van der Waals surface area (Å²) in [6.45, 7) is 1.91. The minimum absolute atomic E-state index is 0.348. The smallest absolute Gasteiger partial charge is 0.124 e. The quantitative estimate of drug-likeness (QED) is 0.714. The molecule has 0 fully saturated rings. The first-order chi connectivity index (χ1) is 9.02. The van der Waals surface area contributed by atoms with Gasteiger partial charge in [-0.15, -0.1) is 11.6 Å². The standard InChI is InChI=1S/C15H13Cl2FO/c1-9-3-4-10(7-13(9)16)15(17)12-8-11(18)5-6-14(12)19-2/h3-8,15H,1-2H3. The molecule has 0 N–H and O–H groups in total. The van der Waals surface area contributed by atoms with Crippen molar-refractivity contribution in [2.75, 3.05) is 7.11 Å². The fourth-order valence-corrected chi connectivity index (χ4v) is 2.34. The Morgan fingerprint density at radius 2 is 1.89 bits per heavy atom. The second-order valence-electron chi connectivity index (χ2n) is 4.26. The van der Waals surface area contributed by atoms with E-state index in [1.807, 2.05) is 19.1 Å². The fraction of sp³-hybridized carbons (Fsp3) is 0.200. The van der Waals surface area contributed by atoms with Crippen LogP contribution < -0.4 is 4.74 Å². The molecule has 1 atom stereocenters. The van der Waals surface area contributed by atoms with E-state index in [0.717, 1.165) is 11.1 Å². The lowest BCUT2D eigenvalue weighted by molar-refractivity contribution is 0.409. The van der Waals surface area contributed by atoms with E-state index in [-0.39, 0.29) is 5.82 Å². The summed E-state index contributed by atoms with van der Waals surface area (Å²) in [5, 5.41) is 0.127. The predicted molar refractivity (Wildman–Crippen MR) is 76.8 cm³/mol. The van der Waals surface area contributed by atoms with Crippen LogP contribution in [0.15, 0.2) is 36.4 Å². The van der Waals surface area contributed by atoms with E-state index in [9.17, 15) is 4.39 Å². The Bertz CT molecular complexity index is 599. The summed E-state index contributed by atoms with van der Waals surface area (Å²) in [6, 6.07) is 9.84. The van der Waals surface area contributed by atoms with Gasteiger partial charge in [0.2, 0.25) is 0 Å². The van der Waals surface area contributed by atoms with Crippen LogP contribution in [0.1, 0.15) is 22.1 Å². The van der Waals surface area contributed by atoms with Crippen LogP contribution in [0.3, 0.4) is 0 Å². The van der Waals surface area contributed by atoms with Crippen molar-refractivity contribution >= 4 is 23.2 Å². The summed E-state index contributed by atoms with van der Waals surface area (Å²) in [6.07, 6.45) is 0. The Balaban J connectivity index is 2.45. The van der Waals surface area contributed by atoms with Crippen LogP contribution in [0.5, 0.6) is 5.75 Å². The average Bonchev–Trinajstić information content (AvgIpc) is 2.41. The Morgan fingerprint density at radius 3 is 2.53 bits per heavy atom. The lowest BCUT2D eigenvalue weighted by Gasteiger charge is -2.15. The molecule has 2 aromatic rings. The number of hydrogen-bond donors (Lipinski definition) is 0. The third kappa shape index (κ3) is 3.02. The highest BCUT2D eigenvalue weighted by Gasteiger charge is 2.17. The third-order valence-corrected chi connectivity index (χ3v) is 3.85. The van der Waals surface area contributed by atoms with Crippen molar-refractivity contribution in [3.05, 3.63) is 63.9 Å². The SMILES string of the molecule is COc1ccc(F)cc1C(Cl)c1ccc(C)c(Cl)c1. The molecule has 0 saturated heterocycles. The molecule has 0 radical (unpaired) electrons. The van der Waals surface area contributed by atoms with Gasteiger partial charge in [-0.2, -0.15) is 0 Å². The Morgan fingerprint density at radius 1 is 1.16 bits per heavy atom. The molecule has 0 aliphatic carbocycles. The van der Waals surface area contributed by atoms with Crippen LogP contribution in [0, 0.1) is 12.7 Å². The predicted octanol–water partition coefficient (Wildman–Crippen LogP) is 5.12. The number of ether oxygens (including phenoxy) is 1. The van der Waals surface area contributed by atoms with E-state index >= 15 is 0 Å². The summed E-state index contributed by atoms with van der Waals surface area (Å²) < 4.78 is 18.6. The number of hydrogen-bond acceptors (Lipinski definition) is 1. The van der Waals surface area contributed by atoms with E-state index in [1.165, 1.54) is 19.2 Å². The number of alkyl halides is 1. The van der Waals surface area contributed by atoms with Gasteiger partial charge in [0.25, 0.3) is 0 Å². The zero-order valence-corrected chi connectivity index (χ0v) is 12.1. The van der Waals surface area contributed by atoms with Crippen LogP contribution in [0.2, 0.25) is 5.02 Å². The van der Waals surface area contributed by atoms with Gasteiger partial charge in [0.15, 0.2) is 0 Å². The first-order valence-corrected chi connectivity index (χ1v) is 6.58. The van der Waals surface area contributed by atoms with Gasteiger partial charge >= 0.3 is 0 Å². The lowest BCUT2D eigenvalue weighted by Crippen LogP contribution is -1.98. The molecule has 0 amide bonds. The Labute approximate surface area is 121 Å². The normalized spacial score (nSPS) is 12.3. The van der Waals surface area contributed by atoms with Crippen molar-refractivity contribution in [1.82, 2.24) is 0 Å². The van der Waals surface area contributed by atoms with E-state index in [1.54, 1.807) is 12.1 Å². The van der Waals surface area contributed by atoms with E-state index in [0.29, 0.717) is 16.3 Å². The van der Waals surface area contributed by atoms with Gasteiger partial charge in [0.05, 0.1) is 12.5 Å². The minimum Gasteiger partial charge on any atom is -0.496 e. The summed E-state index contributed by atoms with van der Waals surface area (Å²) in [5.74, 6) is 0.206. The van der Waals surface area contributed by atoms with Crippen LogP contribution in [-0.4, -0.2) is 7.11 Å². The molecule has 4 heteroatoms. The highest BCUT2D eigenvalue weighted by atomic mass is 35.5. The van der Waals surface area contributed by atoms with Gasteiger partial charge < -0.3 is 4.74 Å². The second kappa shape index (κ2) is 5.81. The molecule has 0 heterocycles. The topological polar surface area (TPSA) is 9.23 Å². The number of rotatable bonds is 3. The molecule has 1 nitrogen and oxygen atoms in total. The largest absolute Gasteiger partial charge is 0.496 e. The van der Waals surface area contributed by atoms with Crippen LogP contribution >= 0.6 is 23.2 Å². The summed E-state index contributed by atoms with van der Waals surface area (Å²) in [4.78, 5) is 0. The molecule has 0 spiro atoms. The van der Waals surface area contributed by atoms with Gasteiger partial charge in [-0.25, -0.2) is 4.39 Å². The highest BCUT2D eigenvalue weighted by molar-refractivity contribution is 6.31. The molecule has 0 saturated carbocycles. The van der Waals surface area contributed by atoms with Gasteiger partial charge in [0.1, 0.15) is 11.6 Å². The van der Waals surface area contributed by atoms with Crippen molar-refractivity contribution in [1.29, 1.82) is 0 Å². The minimum atomic E-state index is -0.510. The summed E-state index contributed by atoms with van der Waals surface area (Å²) in [7, 11) is 1.53. The van der Waals surface area contributed by atoms with Gasteiger partial charge in [-0.3, -0.25) is 0 Å². The molecule has 0 aromatic heterocycles. The molecular weight excluding hydrogens is 286 g/mol. The molecule has 0 aliphatic heterocycles. The molecule has 1 unspecified atom stereocenters. The number of benzene rings is 2. The molecule has 100 valence electrons. The van der Waals surface area contributed by atoms with Crippen molar-refractivity contribution < 1.29 is 9.13 Å². The third-order valence-electron chi connectivity index (χ3n) is 2.95. The maximum Gasteiger partial charge on any atom is 0.124 e. The fourth-order valence-electron chi connectivity index (χ4n) is 1.85. The summed E-state index contributed by atoms with van der Waals surface area (Å²) >= 11 is 12.5. The number of halogens is 3. The second-order valence-corrected chi connectivity index (χ2v) is 5.10. The van der Waals surface area contributed by atoms with Crippen molar-refractivity contribution in [3.8, 4) is 5.75 Å². The van der Waals surface area contributed by atoms with Crippen molar-refractivity contribution in [3.63, 3.8) is 0 Å². The molecule has 0 bridgehead atoms. The van der Waals surface area contributed by atoms with E-state index in [2.05, 4.69) is 0 Å². The van der Waals surface area contributed by atoms with Gasteiger partial charge in [-0.1, -0.05) is 23.7 Å². The molecule has 0 aliphatic rings. The van der Waals surface area contributed by atoms with E-state index < -0.39 is 5.38 Å². The van der Waals surface area contributed by atoms with Crippen LogP contribution in [0.4, 0.5) is 4.39 Å².